The van der Waals surface area contributed by atoms with Crippen molar-refractivity contribution in [2.45, 2.75) is 32.2 Å². The third-order valence-corrected chi connectivity index (χ3v) is 4.47. The summed E-state index contributed by atoms with van der Waals surface area (Å²) < 4.78 is 0. The Hall–Kier alpha value is -1.95. The number of nitrogens with zero attached hydrogens (tertiary/aromatic N) is 1. The number of aromatic amines is 1. The van der Waals surface area contributed by atoms with Crippen molar-refractivity contribution >= 4 is 17.2 Å². The van der Waals surface area contributed by atoms with Gasteiger partial charge in [-0.3, -0.25) is 4.79 Å². The van der Waals surface area contributed by atoms with Crippen molar-refractivity contribution in [1.82, 2.24) is 15.3 Å². The van der Waals surface area contributed by atoms with Gasteiger partial charge >= 0.3 is 5.69 Å². The van der Waals surface area contributed by atoms with E-state index >= 15 is 0 Å². The number of rotatable bonds is 2. The second-order valence-corrected chi connectivity index (χ2v) is 5.97. The highest BCUT2D eigenvalue weighted by atomic mass is 32.1. The van der Waals surface area contributed by atoms with Gasteiger partial charge < -0.3 is 10.3 Å². The number of aryl methyl sites for hydroxylation is 2. The number of carbonyl (C=O) groups is 1. The minimum absolute atomic E-state index is 0.0268. The molecule has 2 aromatic rings. The Morgan fingerprint density at radius 2 is 2.40 bits per heavy atom. The highest BCUT2D eigenvalue weighted by molar-refractivity contribution is 7.10. The van der Waals surface area contributed by atoms with Crippen LogP contribution in [0.25, 0.3) is 0 Å². The summed E-state index contributed by atoms with van der Waals surface area (Å²) >= 11 is 1.73. The lowest BCUT2D eigenvalue weighted by molar-refractivity contribution is 0.0927. The molecule has 2 aromatic heterocycles. The third kappa shape index (κ3) is 2.51. The first-order valence-corrected chi connectivity index (χ1v) is 7.46. The van der Waals surface area contributed by atoms with Crippen molar-refractivity contribution in [3.8, 4) is 0 Å². The molecule has 20 heavy (non-hydrogen) atoms. The second-order valence-electron chi connectivity index (χ2n) is 4.97. The fourth-order valence-corrected chi connectivity index (χ4v) is 3.55. The van der Waals surface area contributed by atoms with Gasteiger partial charge in [-0.05, 0) is 49.3 Å². The van der Waals surface area contributed by atoms with E-state index in [9.17, 15) is 9.59 Å². The maximum Gasteiger partial charge on any atom is 0.345 e. The Kier molecular flexibility index (Phi) is 3.40. The van der Waals surface area contributed by atoms with E-state index in [1.54, 1.807) is 24.3 Å². The highest BCUT2D eigenvalue weighted by Gasteiger charge is 2.23. The Balaban J connectivity index is 1.82. The predicted octanol–water partition coefficient (Wildman–Crippen LogP) is 1.95. The van der Waals surface area contributed by atoms with Crippen LogP contribution in [0, 0.1) is 6.92 Å². The molecule has 2 N–H and O–H groups in total. The van der Waals surface area contributed by atoms with Gasteiger partial charge in [0, 0.05) is 10.6 Å². The van der Waals surface area contributed by atoms with Gasteiger partial charge in [-0.2, -0.15) is 4.98 Å². The zero-order valence-corrected chi connectivity index (χ0v) is 11.9. The summed E-state index contributed by atoms with van der Waals surface area (Å²) in [5, 5.41) is 5.04. The minimum atomic E-state index is -0.491. The molecule has 2 heterocycles. The fraction of sp³-hybridized carbons (Fsp3) is 0.357. The fourth-order valence-electron chi connectivity index (χ4n) is 2.56. The van der Waals surface area contributed by atoms with Crippen molar-refractivity contribution in [3.05, 3.63) is 49.8 Å². The molecule has 104 valence electrons. The van der Waals surface area contributed by atoms with Crippen molar-refractivity contribution in [3.63, 3.8) is 0 Å². The van der Waals surface area contributed by atoms with Crippen LogP contribution in [-0.2, 0) is 6.42 Å². The topological polar surface area (TPSA) is 74.8 Å². The molecule has 0 saturated carbocycles. The van der Waals surface area contributed by atoms with Gasteiger partial charge in [0.25, 0.3) is 5.91 Å². The number of hydrogen-bond donors (Lipinski definition) is 2. The van der Waals surface area contributed by atoms with E-state index in [0.29, 0.717) is 5.69 Å². The number of aromatic nitrogens is 2. The van der Waals surface area contributed by atoms with Crippen LogP contribution in [-0.4, -0.2) is 15.9 Å². The Labute approximate surface area is 120 Å². The standard InChI is InChI=1S/C14H15N3O2S/c1-8-7-11(17-14(19)15-8)13(18)16-10-3-2-4-12-9(10)5-6-20-12/h5-7,10H,2-4H2,1H3,(H,16,18)(H,15,17,19). The molecule has 1 amide bonds. The third-order valence-electron chi connectivity index (χ3n) is 3.47. The van der Waals surface area contributed by atoms with Crippen LogP contribution < -0.4 is 11.0 Å². The number of amides is 1. The van der Waals surface area contributed by atoms with Crippen molar-refractivity contribution in [1.29, 1.82) is 0 Å². The Bertz CT molecular complexity index is 704. The molecule has 1 unspecified atom stereocenters. The molecule has 0 saturated heterocycles. The average Bonchev–Trinajstić information content (AvgIpc) is 2.87. The van der Waals surface area contributed by atoms with Crippen LogP contribution >= 0.6 is 11.3 Å². The van der Waals surface area contributed by atoms with Crippen LogP contribution in [0.5, 0.6) is 0 Å². The number of H-pyrrole nitrogens is 1. The molecule has 1 aliphatic carbocycles. The maximum atomic E-state index is 12.2. The summed E-state index contributed by atoms with van der Waals surface area (Å²) in [6, 6.07) is 3.69. The Morgan fingerprint density at radius 3 is 3.20 bits per heavy atom. The van der Waals surface area contributed by atoms with E-state index in [4.69, 9.17) is 0 Å². The zero-order chi connectivity index (χ0) is 14.1. The molecule has 1 aliphatic rings. The number of fused-ring (bicyclic) bond motifs is 1. The van der Waals surface area contributed by atoms with Crippen LogP contribution in [0.2, 0.25) is 0 Å². The van der Waals surface area contributed by atoms with Crippen LogP contribution in [0.4, 0.5) is 0 Å². The smallest absolute Gasteiger partial charge is 0.344 e. The van der Waals surface area contributed by atoms with E-state index < -0.39 is 5.69 Å². The van der Waals surface area contributed by atoms with E-state index in [-0.39, 0.29) is 17.6 Å². The van der Waals surface area contributed by atoms with Crippen molar-refractivity contribution in [2.24, 2.45) is 0 Å². The van der Waals surface area contributed by atoms with Gasteiger partial charge in [-0.1, -0.05) is 0 Å². The molecule has 5 nitrogen and oxygen atoms in total. The van der Waals surface area contributed by atoms with Crippen LogP contribution in [0.15, 0.2) is 22.3 Å². The molecule has 0 fully saturated rings. The van der Waals surface area contributed by atoms with Gasteiger partial charge in [0.15, 0.2) is 0 Å². The second kappa shape index (κ2) is 5.20. The molecule has 0 spiro atoms. The number of thiophene rings is 1. The summed E-state index contributed by atoms with van der Waals surface area (Å²) in [5.74, 6) is -0.289. The lowest BCUT2D eigenvalue weighted by Crippen LogP contribution is -2.32. The molecule has 0 radical (unpaired) electrons. The van der Waals surface area contributed by atoms with E-state index in [1.165, 1.54) is 10.4 Å². The lowest BCUT2D eigenvalue weighted by Gasteiger charge is -2.23. The predicted molar refractivity (Wildman–Crippen MR) is 77.1 cm³/mol. The number of carbonyl (C=O) groups excluding carboxylic acids is 1. The maximum absolute atomic E-state index is 12.2. The monoisotopic (exact) mass is 289 g/mol. The largest absolute Gasteiger partial charge is 0.345 e. The highest BCUT2D eigenvalue weighted by Crippen LogP contribution is 2.33. The summed E-state index contributed by atoms with van der Waals surface area (Å²) in [7, 11) is 0. The molecular formula is C14H15N3O2S. The number of hydrogen-bond acceptors (Lipinski definition) is 4. The van der Waals surface area contributed by atoms with E-state index in [0.717, 1.165) is 19.3 Å². The van der Waals surface area contributed by atoms with Crippen molar-refractivity contribution < 1.29 is 4.79 Å². The first-order valence-electron chi connectivity index (χ1n) is 6.58. The normalized spacial score (nSPS) is 17.6. The van der Waals surface area contributed by atoms with E-state index in [1.807, 2.05) is 0 Å². The summed E-state index contributed by atoms with van der Waals surface area (Å²) in [6.07, 6.45) is 3.08. The van der Waals surface area contributed by atoms with Gasteiger partial charge in [0.05, 0.1) is 6.04 Å². The lowest BCUT2D eigenvalue weighted by atomic mass is 9.94. The molecule has 0 bridgehead atoms. The van der Waals surface area contributed by atoms with Crippen LogP contribution in [0.1, 0.15) is 45.5 Å². The molecule has 1 atom stereocenters. The first-order chi connectivity index (χ1) is 9.63. The van der Waals surface area contributed by atoms with E-state index in [2.05, 4.69) is 26.7 Å². The van der Waals surface area contributed by atoms with Gasteiger partial charge in [-0.25, -0.2) is 4.79 Å². The summed E-state index contributed by atoms with van der Waals surface area (Å²) in [4.78, 5) is 31.1. The van der Waals surface area contributed by atoms with Gasteiger partial charge in [0.1, 0.15) is 5.69 Å². The molecule has 0 aliphatic heterocycles. The SMILES string of the molecule is Cc1cc(C(=O)NC2CCCc3sccc32)nc(=O)[nH]1. The minimum Gasteiger partial charge on any atom is -0.344 e. The number of nitrogens with one attached hydrogen (secondary N) is 2. The molecular weight excluding hydrogens is 274 g/mol. The zero-order valence-electron chi connectivity index (χ0n) is 11.1. The Morgan fingerprint density at radius 1 is 1.55 bits per heavy atom. The summed E-state index contributed by atoms with van der Waals surface area (Å²) in [6.45, 7) is 1.73. The van der Waals surface area contributed by atoms with Crippen molar-refractivity contribution in [2.75, 3.05) is 0 Å². The quantitative estimate of drug-likeness (QED) is 0.887. The van der Waals surface area contributed by atoms with Crippen LogP contribution in [0.3, 0.4) is 0 Å². The van der Waals surface area contributed by atoms with Gasteiger partial charge in [-0.15, -0.1) is 11.3 Å². The molecule has 0 aromatic carbocycles. The first kappa shape index (κ1) is 13.1. The summed E-state index contributed by atoms with van der Waals surface area (Å²) in [5.41, 5.74) is 1.52. The average molecular weight is 289 g/mol. The molecule has 6 heteroatoms. The van der Waals surface area contributed by atoms with Gasteiger partial charge in [0.2, 0.25) is 0 Å². The molecule has 3 rings (SSSR count).